The lowest BCUT2D eigenvalue weighted by Gasteiger charge is -2.32. The molecule has 2 amide bonds. The highest BCUT2D eigenvalue weighted by Gasteiger charge is 2.32. The summed E-state index contributed by atoms with van der Waals surface area (Å²) in [5.41, 5.74) is 2.89. The first-order chi connectivity index (χ1) is 18.4. The lowest BCUT2D eigenvalue weighted by atomic mass is 10.1. The Bertz CT molecular complexity index is 1430. The Morgan fingerprint density at radius 3 is 2.23 bits per heavy atom. The molecule has 7 nitrogen and oxygen atoms in total. The fraction of sp³-hybridized carbons (Fsp3) is 0.310. The molecule has 3 aromatic rings. The number of carbonyl (C=O) groups excluding carboxylic acids is 2. The van der Waals surface area contributed by atoms with Crippen molar-refractivity contribution >= 4 is 50.7 Å². The zero-order chi connectivity index (χ0) is 28.7. The summed E-state index contributed by atoms with van der Waals surface area (Å²) in [5, 5.41) is 3.23. The number of hydrogen-bond acceptors (Lipinski definition) is 4. The monoisotopic (exact) mass is 589 g/mol. The first-order valence-electron chi connectivity index (χ1n) is 12.6. The van der Waals surface area contributed by atoms with Gasteiger partial charge in [0.1, 0.15) is 12.6 Å². The molecule has 0 saturated heterocycles. The van der Waals surface area contributed by atoms with Crippen molar-refractivity contribution < 1.29 is 18.0 Å². The highest BCUT2D eigenvalue weighted by atomic mass is 35.5. The normalized spacial score (nSPS) is 12.1. The molecule has 0 fully saturated rings. The predicted molar refractivity (Wildman–Crippen MR) is 157 cm³/mol. The van der Waals surface area contributed by atoms with E-state index in [0.29, 0.717) is 6.54 Å². The molecule has 208 valence electrons. The van der Waals surface area contributed by atoms with E-state index in [9.17, 15) is 18.0 Å². The van der Waals surface area contributed by atoms with Gasteiger partial charge in [0, 0.05) is 13.1 Å². The third kappa shape index (κ3) is 7.75. The third-order valence-corrected chi connectivity index (χ3v) is 8.76. The van der Waals surface area contributed by atoms with E-state index in [1.54, 1.807) is 19.1 Å². The number of sulfonamides is 1. The van der Waals surface area contributed by atoms with Gasteiger partial charge < -0.3 is 10.2 Å². The second-order valence-corrected chi connectivity index (χ2v) is 12.1. The predicted octanol–water partition coefficient (Wildman–Crippen LogP) is 5.75. The number of hydrogen-bond donors (Lipinski definition) is 1. The van der Waals surface area contributed by atoms with E-state index in [2.05, 4.69) is 5.32 Å². The third-order valence-electron chi connectivity index (χ3n) is 6.23. The molecule has 0 radical (unpaired) electrons. The average molecular weight is 591 g/mol. The van der Waals surface area contributed by atoms with Crippen molar-refractivity contribution in [3.05, 3.63) is 93.5 Å². The van der Waals surface area contributed by atoms with Crippen molar-refractivity contribution in [1.82, 2.24) is 10.2 Å². The summed E-state index contributed by atoms with van der Waals surface area (Å²) in [7, 11) is -4.19. The van der Waals surface area contributed by atoms with Crippen LogP contribution < -0.4 is 9.62 Å². The van der Waals surface area contributed by atoms with Gasteiger partial charge in [0.05, 0.1) is 20.6 Å². The van der Waals surface area contributed by atoms with Crippen molar-refractivity contribution in [2.45, 2.75) is 51.6 Å². The molecule has 0 aliphatic carbocycles. The van der Waals surface area contributed by atoms with Crippen LogP contribution in [0.4, 0.5) is 5.69 Å². The van der Waals surface area contributed by atoms with Gasteiger partial charge in [-0.05, 0) is 63.1 Å². The van der Waals surface area contributed by atoms with Crippen LogP contribution >= 0.6 is 23.2 Å². The van der Waals surface area contributed by atoms with Gasteiger partial charge in [-0.1, -0.05) is 77.7 Å². The Morgan fingerprint density at radius 2 is 1.62 bits per heavy atom. The molecule has 0 heterocycles. The summed E-state index contributed by atoms with van der Waals surface area (Å²) in [6.45, 7) is 7.40. The largest absolute Gasteiger partial charge is 0.354 e. The molecule has 0 spiro atoms. The number of benzene rings is 3. The summed E-state index contributed by atoms with van der Waals surface area (Å²) >= 11 is 12.3. The molecule has 0 aromatic heterocycles. The molecule has 0 unspecified atom stereocenters. The van der Waals surface area contributed by atoms with Gasteiger partial charge in [0.2, 0.25) is 11.8 Å². The first-order valence-corrected chi connectivity index (χ1v) is 14.8. The summed E-state index contributed by atoms with van der Waals surface area (Å²) in [6, 6.07) is 17.5. The van der Waals surface area contributed by atoms with Crippen LogP contribution in [0.2, 0.25) is 10.0 Å². The standard InChI is InChI=1S/C29H33Cl2N3O4S/c1-5-15-32-29(36)22(4)33(18-23-8-6-7-21(3)16-23)28(35)19-34(24-11-14-26(30)27(31)17-24)39(37,38)25-12-9-20(2)10-13-25/h6-14,16-17,22H,5,15,18-19H2,1-4H3,(H,32,36)/t22-/m0/s1. The van der Waals surface area contributed by atoms with Crippen molar-refractivity contribution in [2.75, 3.05) is 17.4 Å². The molecule has 3 aromatic carbocycles. The van der Waals surface area contributed by atoms with Crippen LogP contribution in [0.25, 0.3) is 0 Å². The average Bonchev–Trinajstić information content (AvgIpc) is 2.90. The minimum Gasteiger partial charge on any atom is -0.354 e. The smallest absolute Gasteiger partial charge is 0.264 e. The minimum atomic E-state index is -4.19. The van der Waals surface area contributed by atoms with E-state index in [4.69, 9.17) is 23.2 Å². The SMILES string of the molecule is CCCNC(=O)[C@H](C)N(Cc1cccc(C)c1)C(=O)CN(c1ccc(Cl)c(Cl)c1)S(=O)(=O)c1ccc(C)cc1. The first kappa shape index (κ1) is 30.5. The van der Waals surface area contributed by atoms with Crippen LogP contribution in [0, 0.1) is 13.8 Å². The van der Waals surface area contributed by atoms with E-state index in [1.165, 1.54) is 35.2 Å². The molecule has 0 aliphatic heterocycles. The van der Waals surface area contributed by atoms with Gasteiger partial charge in [-0.3, -0.25) is 13.9 Å². The van der Waals surface area contributed by atoms with E-state index in [0.717, 1.165) is 27.4 Å². The summed E-state index contributed by atoms with van der Waals surface area (Å²) in [4.78, 5) is 28.2. The minimum absolute atomic E-state index is 0.0194. The number of nitrogens with one attached hydrogen (secondary N) is 1. The Hall–Kier alpha value is -3.07. The van der Waals surface area contributed by atoms with Crippen LogP contribution in [0.5, 0.6) is 0 Å². The second kappa shape index (κ2) is 13.3. The highest BCUT2D eigenvalue weighted by Crippen LogP contribution is 2.31. The van der Waals surface area contributed by atoms with Crippen molar-refractivity contribution in [3.8, 4) is 0 Å². The number of carbonyl (C=O) groups is 2. The Balaban J connectivity index is 2.04. The van der Waals surface area contributed by atoms with Gasteiger partial charge >= 0.3 is 0 Å². The van der Waals surface area contributed by atoms with Gasteiger partial charge in [-0.25, -0.2) is 8.42 Å². The van der Waals surface area contributed by atoms with Gasteiger partial charge in [-0.2, -0.15) is 0 Å². The number of rotatable bonds is 11. The van der Waals surface area contributed by atoms with Crippen molar-refractivity contribution in [2.24, 2.45) is 0 Å². The Kier molecular flexibility index (Phi) is 10.4. The molecule has 0 aliphatic rings. The topological polar surface area (TPSA) is 86.8 Å². The van der Waals surface area contributed by atoms with Crippen LogP contribution in [0.1, 0.15) is 37.0 Å². The Labute approximate surface area is 240 Å². The van der Waals surface area contributed by atoms with Crippen LogP contribution in [-0.4, -0.2) is 44.3 Å². The van der Waals surface area contributed by atoms with E-state index >= 15 is 0 Å². The molecule has 0 saturated carbocycles. The zero-order valence-electron chi connectivity index (χ0n) is 22.4. The lowest BCUT2D eigenvalue weighted by molar-refractivity contribution is -0.139. The number of anilines is 1. The maximum atomic E-state index is 13.9. The van der Waals surface area contributed by atoms with E-state index < -0.39 is 28.5 Å². The maximum Gasteiger partial charge on any atom is 0.264 e. The summed E-state index contributed by atoms with van der Waals surface area (Å²) in [6.07, 6.45) is 0.740. The fourth-order valence-corrected chi connectivity index (χ4v) is 5.69. The highest BCUT2D eigenvalue weighted by molar-refractivity contribution is 7.92. The molecule has 1 N–H and O–H groups in total. The zero-order valence-corrected chi connectivity index (χ0v) is 24.8. The lowest BCUT2D eigenvalue weighted by Crippen LogP contribution is -2.51. The molecule has 3 rings (SSSR count). The Morgan fingerprint density at radius 1 is 0.923 bits per heavy atom. The molecule has 39 heavy (non-hydrogen) atoms. The van der Waals surface area contributed by atoms with Gasteiger partial charge in [0.15, 0.2) is 0 Å². The summed E-state index contributed by atoms with van der Waals surface area (Å²) in [5.74, 6) is -0.863. The van der Waals surface area contributed by atoms with Gasteiger partial charge in [0.25, 0.3) is 10.0 Å². The quantitative estimate of drug-likeness (QED) is 0.308. The molecule has 0 bridgehead atoms. The van der Waals surface area contributed by atoms with E-state index in [1.807, 2.05) is 45.0 Å². The van der Waals surface area contributed by atoms with Crippen LogP contribution in [-0.2, 0) is 26.2 Å². The fourth-order valence-electron chi connectivity index (χ4n) is 3.99. The van der Waals surface area contributed by atoms with Gasteiger partial charge in [-0.15, -0.1) is 0 Å². The number of nitrogens with zero attached hydrogens (tertiary/aromatic N) is 2. The number of amides is 2. The molecule has 10 heteroatoms. The van der Waals surface area contributed by atoms with Crippen molar-refractivity contribution in [3.63, 3.8) is 0 Å². The van der Waals surface area contributed by atoms with Crippen LogP contribution in [0.3, 0.4) is 0 Å². The summed E-state index contributed by atoms with van der Waals surface area (Å²) < 4.78 is 28.7. The molecular formula is C29H33Cl2N3O4S. The molecule has 1 atom stereocenters. The van der Waals surface area contributed by atoms with E-state index in [-0.39, 0.29) is 33.1 Å². The molecular weight excluding hydrogens is 557 g/mol. The maximum absolute atomic E-state index is 13.9. The van der Waals surface area contributed by atoms with Crippen molar-refractivity contribution in [1.29, 1.82) is 0 Å². The number of aryl methyl sites for hydroxylation is 2. The second-order valence-electron chi connectivity index (χ2n) is 9.40. The number of halogens is 2. The van der Waals surface area contributed by atoms with Crippen LogP contribution in [0.15, 0.2) is 71.6 Å².